The maximum Gasteiger partial charge on any atom is 0.573 e. The molecule has 0 bridgehead atoms. The van der Waals surface area contributed by atoms with Crippen molar-refractivity contribution >= 4 is 29.2 Å². The van der Waals surface area contributed by atoms with Crippen molar-refractivity contribution in [2.45, 2.75) is 25.6 Å². The van der Waals surface area contributed by atoms with E-state index in [2.05, 4.69) is 15.4 Å². The van der Waals surface area contributed by atoms with Gasteiger partial charge in [-0.05, 0) is 60.4 Å². The molecule has 0 spiro atoms. The summed E-state index contributed by atoms with van der Waals surface area (Å²) in [5.41, 5.74) is 3.07. The van der Waals surface area contributed by atoms with Gasteiger partial charge in [0.1, 0.15) is 5.75 Å². The average molecular weight is 527 g/mol. The van der Waals surface area contributed by atoms with Gasteiger partial charge >= 0.3 is 18.4 Å². The Morgan fingerprint density at radius 3 is 1.79 bits per heavy atom. The lowest BCUT2D eigenvalue weighted by molar-refractivity contribution is -0.274. The summed E-state index contributed by atoms with van der Waals surface area (Å²) < 4.78 is 45.4. The highest BCUT2D eigenvalue weighted by Gasteiger charge is 2.38. The van der Waals surface area contributed by atoms with Crippen molar-refractivity contribution < 1.29 is 37.0 Å². The number of carbonyl (C=O) groups is 3. The number of ether oxygens (including phenoxy) is 2. The topological polar surface area (TPSA) is 93.7 Å². The zero-order valence-corrected chi connectivity index (χ0v) is 20.4. The second-order valence-corrected chi connectivity index (χ2v) is 8.84. The summed E-state index contributed by atoms with van der Waals surface area (Å²) in [4.78, 5) is 37.2. The second kappa shape index (κ2) is 11.4. The van der Waals surface area contributed by atoms with Crippen LogP contribution in [0.5, 0.6) is 5.75 Å². The quantitative estimate of drug-likeness (QED) is 0.265. The molecule has 10 heteroatoms. The Bertz CT molecular complexity index is 1290. The summed E-state index contributed by atoms with van der Waals surface area (Å²) in [5, 5.41) is 5.18. The summed E-state index contributed by atoms with van der Waals surface area (Å²) >= 11 is 0. The van der Waals surface area contributed by atoms with Gasteiger partial charge in [-0.2, -0.15) is 0 Å². The molecule has 0 aliphatic heterocycles. The minimum Gasteiger partial charge on any atom is -0.469 e. The van der Waals surface area contributed by atoms with E-state index in [0.717, 1.165) is 29.7 Å². The number of amides is 2. The number of nitrogens with one attached hydrogen (secondary N) is 2. The molecule has 0 unspecified atom stereocenters. The van der Waals surface area contributed by atoms with Crippen LogP contribution in [-0.2, 0) is 9.53 Å². The van der Waals surface area contributed by atoms with Gasteiger partial charge in [-0.1, -0.05) is 42.8 Å². The van der Waals surface area contributed by atoms with E-state index in [-0.39, 0.29) is 23.4 Å². The Hall–Kier alpha value is -4.34. The second-order valence-electron chi connectivity index (χ2n) is 8.84. The van der Waals surface area contributed by atoms with Gasteiger partial charge in [-0.15, -0.1) is 13.2 Å². The lowest BCUT2D eigenvalue weighted by Crippen LogP contribution is -2.26. The minimum atomic E-state index is -4.79. The molecule has 7 nitrogen and oxygen atoms in total. The molecule has 3 aromatic rings. The predicted molar refractivity (Wildman–Crippen MR) is 135 cm³/mol. The number of hydrogen-bond acceptors (Lipinski definition) is 5. The van der Waals surface area contributed by atoms with E-state index in [4.69, 9.17) is 4.74 Å². The van der Waals surface area contributed by atoms with Crippen LogP contribution in [0.2, 0.25) is 0 Å². The van der Waals surface area contributed by atoms with Crippen molar-refractivity contribution in [3.05, 3.63) is 78.4 Å². The van der Waals surface area contributed by atoms with E-state index in [9.17, 15) is 27.6 Å². The van der Waals surface area contributed by atoms with E-state index in [1.165, 1.54) is 19.2 Å². The standard InChI is InChI=1S/C28H25F3N2O5/c1-37-26(35)24-4-2-3-23(24)25(34)19-7-5-17(6-8-19)18-9-11-20(12-10-18)32-27(36)33-21-13-15-22(16-14-21)38-28(29,30)31/h5-16,23-24H,2-4H2,1H3,(H2,32,33,36)/t23-,24-/m1/s1. The van der Waals surface area contributed by atoms with E-state index in [0.29, 0.717) is 29.8 Å². The highest BCUT2D eigenvalue weighted by molar-refractivity contribution is 6.01. The molecule has 1 aliphatic rings. The SMILES string of the molecule is COC(=O)[C@@H]1CCC[C@H]1C(=O)c1ccc(-c2ccc(NC(=O)Nc3ccc(OC(F)(F)F)cc3)cc2)cc1. The van der Waals surface area contributed by atoms with E-state index < -0.39 is 18.3 Å². The van der Waals surface area contributed by atoms with Crippen LogP contribution in [0.4, 0.5) is 29.3 Å². The van der Waals surface area contributed by atoms with Gasteiger partial charge in [-0.3, -0.25) is 9.59 Å². The molecule has 1 saturated carbocycles. The van der Waals surface area contributed by atoms with Crippen LogP contribution in [0.1, 0.15) is 29.6 Å². The maximum atomic E-state index is 13.0. The molecule has 2 atom stereocenters. The minimum absolute atomic E-state index is 0.0578. The van der Waals surface area contributed by atoms with Gasteiger partial charge in [0, 0.05) is 22.9 Å². The molecule has 2 amide bonds. The third-order valence-electron chi connectivity index (χ3n) is 6.35. The van der Waals surface area contributed by atoms with Crippen LogP contribution in [0.3, 0.4) is 0 Å². The zero-order chi connectivity index (χ0) is 27.3. The van der Waals surface area contributed by atoms with Crippen LogP contribution < -0.4 is 15.4 Å². The molecule has 3 aromatic carbocycles. The molecule has 0 saturated heterocycles. The molecule has 0 heterocycles. The lowest BCUT2D eigenvalue weighted by Gasteiger charge is -2.16. The number of esters is 1. The number of halogens is 3. The van der Waals surface area contributed by atoms with Crippen molar-refractivity contribution in [1.29, 1.82) is 0 Å². The monoisotopic (exact) mass is 526 g/mol. The third-order valence-corrected chi connectivity index (χ3v) is 6.35. The van der Waals surface area contributed by atoms with E-state index >= 15 is 0 Å². The summed E-state index contributed by atoms with van der Waals surface area (Å²) in [6.45, 7) is 0. The Morgan fingerprint density at radius 1 is 0.763 bits per heavy atom. The maximum absolute atomic E-state index is 13.0. The first kappa shape index (κ1) is 26.7. The van der Waals surface area contributed by atoms with Gasteiger partial charge in [0.2, 0.25) is 0 Å². The Labute approximate surface area is 216 Å². The first-order valence-electron chi connectivity index (χ1n) is 11.9. The third kappa shape index (κ3) is 6.70. The number of alkyl halides is 3. The first-order chi connectivity index (χ1) is 18.1. The highest BCUT2D eigenvalue weighted by Crippen LogP contribution is 2.35. The normalized spacial score (nSPS) is 16.9. The number of hydrogen-bond donors (Lipinski definition) is 2. The summed E-state index contributed by atoms with van der Waals surface area (Å²) in [6.07, 6.45) is -2.65. The van der Waals surface area contributed by atoms with Gasteiger partial charge in [0.15, 0.2) is 5.78 Å². The Morgan fingerprint density at radius 2 is 1.26 bits per heavy atom. The predicted octanol–water partition coefficient (Wildman–Crippen LogP) is 6.67. The van der Waals surface area contributed by atoms with Crippen LogP contribution in [0, 0.1) is 11.8 Å². The van der Waals surface area contributed by atoms with Crippen molar-refractivity contribution in [3.63, 3.8) is 0 Å². The van der Waals surface area contributed by atoms with Crippen LogP contribution in [0.15, 0.2) is 72.8 Å². The Kier molecular flexibility index (Phi) is 7.99. The Balaban J connectivity index is 1.34. The van der Waals surface area contributed by atoms with Crippen molar-refractivity contribution in [1.82, 2.24) is 0 Å². The molecule has 0 radical (unpaired) electrons. The number of Topliss-reactive ketones (excluding diaryl/α,β-unsaturated/α-hetero) is 1. The van der Waals surface area contributed by atoms with Gasteiger partial charge < -0.3 is 20.1 Å². The fourth-order valence-corrected chi connectivity index (χ4v) is 4.53. The first-order valence-corrected chi connectivity index (χ1v) is 11.9. The largest absolute Gasteiger partial charge is 0.573 e. The molecule has 2 N–H and O–H groups in total. The number of rotatable bonds is 7. The van der Waals surface area contributed by atoms with E-state index in [1.807, 2.05) is 12.1 Å². The molecule has 198 valence electrons. The zero-order valence-electron chi connectivity index (χ0n) is 20.4. The number of carbonyl (C=O) groups excluding carboxylic acids is 3. The molecular formula is C28H25F3N2O5. The molecule has 38 heavy (non-hydrogen) atoms. The number of benzene rings is 3. The van der Waals surface area contributed by atoms with Gasteiger partial charge in [0.05, 0.1) is 13.0 Å². The fraction of sp³-hybridized carbons (Fsp3) is 0.250. The fourth-order valence-electron chi connectivity index (χ4n) is 4.53. The number of urea groups is 1. The van der Waals surface area contributed by atoms with Crippen LogP contribution in [-0.4, -0.2) is 31.3 Å². The van der Waals surface area contributed by atoms with E-state index in [1.54, 1.807) is 36.4 Å². The van der Waals surface area contributed by atoms with Crippen LogP contribution >= 0.6 is 0 Å². The molecule has 0 aromatic heterocycles. The lowest BCUT2D eigenvalue weighted by atomic mass is 9.88. The van der Waals surface area contributed by atoms with Crippen molar-refractivity contribution in [2.24, 2.45) is 11.8 Å². The summed E-state index contributed by atoms with van der Waals surface area (Å²) in [5.74, 6) is -1.55. The summed E-state index contributed by atoms with van der Waals surface area (Å²) in [6, 6.07) is 18.4. The van der Waals surface area contributed by atoms with Crippen molar-refractivity contribution in [3.8, 4) is 16.9 Å². The number of anilines is 2. The molecular weight excluding hydrogens is 501 g/mol. The highest BCUT2D eigenvalue weighted by atomic mass is 19.4. The number of methoxy groups -OCH3 is 1. The smallest absolute Gasteiger partial charge is 0.469 e. The molecule has 1 aliphatic carbocycles. The molecule has 1 fully saturated rings. The van der Waals surface area contributed by atoms with Crippen LogP contribution in [0.25, 0.3) is 11.1 Å². The number of ketones is 1. The average Bonchev–Trinajstić information content (AvgIpc) is 3.39. The van der Waals surface area contributed by atoms with Gasteiger partial charge in [0.25, 0.3) is 0 Å². The molecule has 4 rings (SSSR count). The summed E-state index contributed by atoms with van der Waals surface area (Å²) in [7, 11) is 1.34. The van der Waals surface area contributed by atoms with Gasteiger partial charge in [-0.25, -0.2) is 4.79 Å². The van der Waals surface area contributed by atoms with Crippen molar-refractivity contribution in [2.75, 3.05) is 17.7 Å².